The molecule has 1 aliphatic carbocycles. The molecule has 17 heavy (non-hydrogen) atoms. The van der Waals surface area contributed by atoms with Gasteiger partial charge >= 0.3 is 0 Å². The van der Waals surface area contributed by atoms with Gasteiger partial charge in [-0.15, -0.1) is 0 Å². The van der Waals surface area contributed by atoms with Crippen LogP contribution in [0.1, 0.15) is 30.4 Å². The van der Waals surface area contributed by atoms with E-state index in [1.54, 1.807) is 0 Å². The lowest BCUT2D eigenvalue weighted by molar-refractivity contribution is 0.594. The predicted molar refractivity (Wildman–Crippen MR) is 73.4 cm³/mol. The lowest BCUT2D eigenvalue weighted by Crippen LogP contribution is -2.24. The molecule has 0 atom stereocenters. The minimum absolute atomic E-state index is 0.850. The van der Waals surface area contributed by atoms with Crippen molar-refractivity contribution in [3.63, 3.8) is 0 Å². The Morgan fingerprint density at radius 1 is 1.06 bits per heavy atom. The first-order valence-corrected chi connectivity index (χ1v) is 6.84. The summed E-state index contributed by atoms with van der Waals surface area (Å²) in [4.78, 5) is 0. The summed E-state index contributed by atoms with van der Waals surface area (Å²) in [6.45, 7) is 5.52. The van der Waals surface area contributed by atoms with Crippen molar-refractivity contribution in [1.82, 2.24) is 10.6 Å². The van der Waals surface area contributed by atoms with E-state index in [2.05, 4.69) is 41.8 Å². The van der Waals surface area contributed by atoms with Crippen molar-refractivity contribution in [2.45, 2.75) is 38.6 Å². The number of nitrogens with one attached hydrogen (secondary N) is 2. The normalized spacial score (nSPS) is 15.1. The third kappa shape index (κ3) is 5.33. The Hall–Kier alpha value is -0.860. The topological polar surface area (TPSA) is 24.1 Å². The summed E-state index contributed by atoms with van der Waals surface area (Å²) in [5.74, 6) is 0. The van der Waals surface area contributed by atoms with E-state index in [9.17, 15) is 0 Å². The van der Waals surface area contributed by atoms with Crippen LogP contribution in [-0.2, 0) is 6.42 Å². The molecular formula is C15H24N2. The van der Waals surface area contributed by atoms with Crippen LogP contribution < -0.4 is 10.6 Å². The molecule has 0 spiro atoms. The highest BCUT2D eigenvalue weighted by molar-refractivity contribution is 5.21. The minimum Gasteiger partial charge on any atom is -0.316 e. The van der Waals surface area contributed by atoms with E-state index in [1.807, 2.05) is 0 Å². The van der Waals surface area contributed by atoms with Crippen molar-refractivity contribution in [3.05, 3.63) is 35.4 Å². The van der Waals surface area contributed by atoms with Crippen molar-refractivity contribution in [3.8, 4) is 0 Å². The zero-order valence-electron chi connectivity index (χ0n) is 10.8. The molecule has 94 valence electrons. The van der Waals surface area contributed by atoms with Gasteiger partial charge in [-0.3, -0.25) is 0 Å². The van der Waals surface area contributed by atoms with Crippen LogP contribution in [0, 0.1) is 6.92 Å². The average molecular weight is 232 g/mol. The molecule has 0 aromatic heterocycles. The van der Waals surface area contributed by atoms with E-state index >= 15 is 0 Å². The zero-order chi connectivity index (χ0) is 11.9. The molecule has 0 aliphatic heterocycles. The Kier molecular flexibility index (Phi) is 5.02. The van der Waals surface area contributed by atoms with E-state index in [4.69, 9.17) is 0 Å². The van der Waals surface area contributed by atoms with Crippen LogP contribution in [0.5, 0.6) is 0 Å². The summed E-state index contributed by atoms with van der Waals surface area (Å²) >= 11 is 0. The SMILES string of the molecule is Cc1ccc(CCNCCCNC2CC2)cc1. The molecular weight excluding hydrogens is 208 g/mol. The fourth-order valence-corrected chi connectivity index (χ4v) is 1.92. The summed E-state index contributed by atoms with van der Waals surface area (Å²) in [5.41, 5.74) is 2.77. The third-order valence-corrected chi connectivity index (χ3v) is 3.25. The zero-order valence-corrected chi connectivity index (χ0v) is 10.8. The lowest BCUT2D eigenvalue weighted by Gasteiger charge is -2.06. The number of benzene rings is 1. The second-order valence-electron chi connectivity index (χ2n) is 5.07. The van der Waals surface area contributed by atoms with Gasteiger partial charge < -0.3 is 10.6 Å². The molecule has 1 fully saturated rings. The van der Waals surface area contributed by atoms with Crippen molar-refractivity contribution >= 4 is 0 Å². The molecule has 0 bridgehead atoms. The van der Waals surface area contributed by atoms with Gasteiger partial charge in [-0.1, -0.05) is 29.8 Å². The van der Waals surface area contributed by atoms with Gasteiger partial charge in [0.1, 0.15) is 0 Å². The van der Waals surface area contributed by atoms with E-state index in [-0.39, 0.29) is 0 Å². The first-order valence-electron chi connectivity index (χ1n) is 6.84. The average Bonchev–Trinajstić information content (AvgIpc) is 3.14. The second-order valence-corrected chi connectivity index (χ2v) is 5.07. The minimum atomic E-state index is 0.850. The van der Waals surface area contributed by atoms with Crippen molar-refractivity contribution < 1.29 is 0 Å². The monoisotopic (exact) mass is 232 g/mol. The summed E-state index contributed by atoms with van der Waals surface area (Å²) in [6.07, 6.45) is 5.16. The molecule has 1 saturated carbocycles. The molecule has 0 saturated heterocycles. The molecule has 0 amide bonds. The Bertz CT molecular complexity index is 314. The molecule has 2 N–H and O–H groups in total. The largest absolute Gasteiger partial charge is 0.316 e. The van der Waals surface area contributed by atoms with Gasteiger partial charge in [-0.05, 0) is 57.8 Å². The maximum atomic E-state index is 3.53. The fourth-order valence-electron chi connectivity index (χ4n) is 1.92. The van der Waals surface area contributed by atoms with Crippen molar-refractivity contribution in [1.29, 1.82) is 0 Å². The van der Waals surface area contributed by atoms with E-state index in [0.29, 0.717) is 0 Å². The Morgan fingerprint density at radius 2 is 1.82 bits per heavy atom. The van der Waals surface area contributed by atoms with Crippen LogP contribution in [0.4, 0.5) is 0 Å². The predicted octanol–water partition coefficient (Wildman–Crippen LogP) is 2.27. The highest BCUT2D eigenvalue weighted by Gasteiger charge is 2.19. The first-order chi connectivity index (χ1) is 8.34. The smallest absolute Gasteiger partial charge is 0.00682 e. The van der Waals surface area contributed by atoms with Crippen molar-refractivity contribution in [2.75, 3.05) is 19.6 Å². The quantitative estimate of drug-likeness (QED) is 0.672. The molecule has 0 radical (unpaired) electrons. The summed E-state index contributed by atoms with van der Waals surface area (Å²) < 4.78 is 0. The van der Waals surface area contributed by atoms with Crippen molar-refractivity contribution in [2.24, 2.45) is 0 Å². The van der Waals surface area contributed by atoms with Crippen LogP contribution in [0.3, 0.4) is 0 Å². The molecule has 2 nitrogen and oxygen atoms in total. The van der Waals surface area contributed by atoms with Crippen LogP contribution in [0.2, 0.25) is 0 Å². The second kappa shape index (κ2) is 6.77. The number of aryl methyl sites for hydroxylation is 1. The Morgan fingerprint density at radius 3 is 2.53 bits per heavy atom. The van der Waals surface area contributed by atoms with Gasteiger partial charge in [0.15, 0.2) is 0 Å². The summed E-state index contributed by atoms with van der Waals surface area (Å²) in [5, 5.41) is 7.03. The van der Waals surface area contributed by atoms with E-state index in [1.165, 1.54) is 36.9 Å². The van der Waals surface area contributed by atoms with Gasteiger partial charge in [0.05, 0.1) is 0 Å². The summed E-state index contributed by atoms with van der Waals surface area (Å²) in [6, 6.07) is 9.68. The fraction of sp³-hybridized carbons (Fsp3) is 0.600. The highest BCUT2D eigenvalue weighted by Crippen LogP contribution is 2.18. The van der Waals surface area contributed by atoms with E-state index < -0.39 is 0 Å². The number of rotatable bonds is 8. The standard InChI is InChI=1S/C15H24N2/c1-13-3-5-14(6-4-13)9-12-16-10-2-11-17-15-7-8-15/h3-6,15-17H,2,7-12H2,1H3. The Balaban J connectivity index is 1.46. The third-order valence-electron chi connectivity index (χ3n) is 3.25. The lowest BCUT2D eigenvalue weighted by atomic mass is 10.1. The summed E-state index contributed by atoms with van der Waals surface area (Å²) in [7, 11) is 0. The van der Waals surface area contributed by atoms with E-state index in [0.717, 1.165) is 25.6 Å². The molecule has 2 rings (SSSR count). The first kappa shape index (κ1) is 12.6. The molecule has 1 aromatic rings. The van der Waals surface area contributed by atoms with Crippen LogP contribution >= 0.6 is 0 Å². The molecule has 0 heterocycles. The number of hydrogen-bond acceptors (Lipinski definition) is 2. The van der Waals surface area contributed by atoms with Gasteiger partial charge in [0.25, 0.3) is 0 Å². The highest BCUT2D eigenvalue weighted by atomic mass is 14.9. The molecule has 2 heteroatoms. The van der Waals surface area contributed by atoms with Crippen LogP contribution in [-0.4, -0.2) is 25.7 Å². The Labute approximate surface area is 105 Å². The van der Waals surface area contributed by atoms with Crippen LogP contribution in [0.25, 0.3) is 0 Å². The molecule has 0 unspecified atom stereocenters. The molecule has 1 aromatic carbocycles. The molecule has 1 aliphatic rings. The number of hydrogen-bond donors (Lipinski definition) is 2. The van der Waals surface area contributed by atoms with Gasteiger partial charge in [0, 0.05) is 6.04 Å². The van der Waals surface area contributed by atoms with Crippen LogP contribution in [0.15, 0.2) is 24.3 Å². The van der Waals surface area contributed by atoms with Gasteiger partial charge in [0.2, 0.25) is 0 Å². The van der Waals surface area contributed by atoms with Gasteiger partial charge in [-0.2, -0.15) is 0 Å². The van der Waals surface area contributed by atoms with Gasteiger partial charge in [-0.25, -0.2) is 0 Å². The maximum Gasteiger partial charge on any atom is 0.00682 e. The maximum absolute atomic E-state index is 3.53.